The van der Waals surface area contributed by atoms with Gasteiger partial charge in [-0.2, -0.15) is 0 Å². The Hall–Kier alpha value is -1.01. The molecule has 1 amide bonds. The van der Waals surface area contributed by atoms with Gasteiger partial charge in [0.25, 0.3) is 0 Å². The quantitative estimate of drug-likeness (QED) is 0.865. The summed E-state index contributed by atoms with van der Waals surface area (Å²) in [5.74, 6) is -0.825. The zero-order chi connectivity index (χ0) is 13.0. The number of aromatic carboxylic acids is 1. The summed E-state index contributed by atoms with van der Waals surface area (Å²) in [4.78, 5) is 22.7. The molecule has 0 aromatic carbocycles. The van der Waals surface area contributed by atoms with Crippen molar-refractivity contribution in [3.8, 4) is 0 Å². The number of anilines is 1. The number of carboxylic acid groups (broad SMARTS) is 1. The molecule has 6 heteroatoms. The van der Waals surface area contributed by atoms with Crippen molar-refractivity contribution >= 4 is 40.7 Å². The number of amides is 1. The molecule has 17 heavy (non-hydrogen) atoms. The van der Waals surface area contributed by atoms with Crippen molar-refractivity contribution < 1.29 is 14.7 Å². The molecule has 1 aromatic rings. The van der Waals surface area contributed by atoms with Gasteiger partial charge in [0, 0.05) is 0 Å². The summed E-state index contributed by atoms with van der Waals surface area (Å²) < 4.78 is 0. The Kier molecular flexibility index (Phi) is 5.02. The van der Waals surface area contributed by atoms with Crippen LogP contribution in [-0.4, -0.2) is 28.0 Å². The van der Waals surface area contributed by atoms with Gasteiger partial charge in [-0.1, -0.05) is 13.8 Å². The number of carboxylic acids is 1. The molecule has 1 heterocycles. The van der Waals surface area contributed by atoms with Crippen LogP contribution >= 0.6 is 23.1 Å². The van der Waals surface area contributed by atoms with Crippen molar-refractivity contribution in [3.05, 3.63) is 15.8 Å². The van der Waals surface area contributed by atoms with Gasteiger partial charge in [-0.3, -0.25) is 4.79 Å². The molecule has 0 spiro atoms. The summed E-state index contributed by atoms with van der Waals surface area (Å²) in [6, 6.07) is 0. The third-order valence-corrected chi connectivity index (χ3v) is 4.16. The first-order chi connectivity index (χ1) is 7.91. The molecule has 0 aliphatic carbocycles. The molecule has 94 valence electrons. The molecule has 0 unspecified atom stereocenters. The van der Waals surface area contributed by atoms with Crippen LogP contribution in [0.15, 0.2) is 5.38 Å². The third-order valence-electron chi connectivity index (χ3n) is 1.98. The molecule has 0 aliphatic heterocycles. The first-order valence-corrected chi connectivity index (χ1v) is 7.07. The minimum absolute atomic E-state index is 0.160. The largest absolute Gasteiger partial charge is 0.477 e. The van der Waals surface area contributed by atoms with Crippen LogP contribution in [0.25, 0.3) is 0 Å². The number of carbonyl (C=O) groups excluding carboxylic acids is 1. The molecule has 0 fully saturated rings. The Bertz CT molecular complexity index is 426. The summed E-state index contributed by atoms with van der Waals surface area (Å²) in [7, 11) is 0. The SMILES string of the molecule is Cc1csc(C(=O)O)c1NC(=O)CSC(C)C. The Morgan fingerprint density at radius 2 is 2.18 bits per heavy atom. The second-order valence-electron chi connectivity index (χ2n) is 3.84. The van der Waals surface area contributed by atoms with Crippen LogP contribution in [-0.2, 0) is 4.79 Å². The number of thiophene rings is 1. The van der Waals surface area contributed by atoms with Gasteiger partial charge in [0.15, 0.2) is 0 Å². The van der Waals surface area contributed by atoms with Crippen LogP contribution in [0.2, 0.25) is 0 Å². The van der Waals surface area contributed by atoms with Crippen molar-refractivity contribution in [2.45, 2.75) is 26.0 Å². The standard InChI is InChI=1S/C11H15NO3S2/c1-6(2)16-5-8(13)12-9-7(3)4-17-10(9)11(14)15/h4,6H,5H2,1-3H3,(H,12,13)(H,14,15). The van der Waals surface area contributed by atoms with E-state index in [0.717, 1.165) is 16.9 Å². The topological polar surface area (TPSA) is 66.4 Å². The van der Waals surface area contributed by atoms with Crippen LogP contribution in [0.3, 0.4) is 0 Å². The van der Waals surface area contributed by atoms with Gasteiger partial charge in [0.1, 0.15) is 4.88 Å². The molecule has 0 aliphatic rings. The van der Waals surface area contributed by atoms with E-state index in [-0.39, 0.29) is 10.8 Å². The summed E-state index contributed by atoms with van der Waals surface area (Å²) in [5, 5.41) is 13.7. The number of nitrogens with one attached hydrogen (secondary N) is 1. The lowest BCUT2D eigenvalue weighted by atomic mass is 10.2. The van der Waals surface area contributed by atoms with Crippen LogP contribution < -0.4 is 5.32 Å². The fourth-order valence-electron chi connectivity index (χ4n) is 1.17. The average molecular weight is 273 g/mol. The maximum atomic E-state index is 11.6. The summed E-state index contributed by atoms with van der Waals surface area (Å²) in [6.07, 6.45) is 0. The molecule has 0 radical (unpaired) electrons. The Morgan fingerprint density at radius 3 is 2.71 bits per heavy atom. The number of rotatable bonds is 5. The molecule has 0 bridgehead atoms. The number of carbonyl (C=O) groups is 2. The second kappa shape index (κ2) is 6.07. The number of thioether (sulfide) groups is 1. The van der Waals surface area contributed by atoms with E-state index in [9.17, 15) is 9.59 Å². The van der Waals surface area contributed by atoms with Gasteiger partial charge in [0.05, 0.1) is 11.4 Å². The smallest absolute Gasteiger partial charge is 0.348 e. The van der Waals surface area contributed by atoms with Crippen LogP contribution in [0.4, 0.5) is 5.69 Å². The van der Waals surface area contributed by atoms with Gasteiger partial charge in [-0.25, -0.2) is 4.79 Å². The molecule has 0 atom stereocenters. The molecule has 0 saturated heterocycles. The summed E-state index contributed by atoms with van der Waals surface area (Å²) in [6.45, 7) is 5.81. The highest BCUT2D eigenvalue weighted by atomic mass is 32.2. The van der Waals surface area contributed by atoms with E-state index in [1.165, 1.54) is 11.8 Å². The van der Waals surface area contributed by atoms with E-state index in [4.69, 9.17) is 5.11 Å². The maximum Gasteiger partial charge on any atom is 0.348 e. The molecular weight excluding hydrogens is 258 g/mol. The van der Waals surface area contributed by atoms with E-state index in [2.05, 4.69) is 5.32 Å². The molecule has 4 nitrogen and oxygen atoms in total. The van der Waals surface area contributed by atoms with Gasteiger partial charge in [-0.15, -0.1) is 23.1 Å². The van der Waals surface area contributed by atoms with Crippen LogP contribution in [0.1, 0.15) is 29.1 Å². The van der Waals surface area contributed by atoms with Gasteiger partial charge < -0.3 is 10.4 Å². The van der Waals surface area contributed by atoms with Crippen LogP contribution in [0.5, 0.6) is 0 Å². The van der Waals surface area contributed by atoms with Crippen molar-refractivity contribution in [1.82, 2.24) is 0 Å². The lowest BCUT2D eigenvalue weighted by molar-refractivity contribution is -0.113. The maximum absolute atomic E-state index is 11.6. The zero-order valence-electron chi connectivity index (χ0n) is 9.94. The fourth-order valence-corrected chi connectivity index (χ4v) is 2.57. The number of aryl methyl sites for hydroxylation is 1. The molecular formula is C11H15NO3S2. The first kappa shape index (κ1) is 14.1. The van der Waals surface area contributed by atoms with Gasteiger partial charge >= 0.3 is 5.97 Å². The second-order valence-corrected chi connectivity index (χ2v) is 6.28. The molecule has 0 saturated carbocycles. The Balaban J connectivity index is 2.71. The normalized spacial score (nSPS) is 10.6. The predicted octanol–water partition coefficient (Wildman–Crippen LogP) is 2.83. The molecule has 1 aromatic heterocycles. The minimum Gasteiger partial charge on any atom is -0.477 e. The average Bonchev–Trinajstić information content (AvgIpc) is 2.58. The van der Waals surface area contributed by atoms with Crippen molar-refractivity contribution in [3.63, 3.8) is 0 Å². The molecule has 1 rings (SSSR count). The van der Waals surface area contributed by atoms with Gasteiger partial charge in [-0.05, 0) is 23.1 Å². The van der Waals surface area contributed by atoms with Crippen molar-refractivity contribution in [2.24, 2.45) is 0 Å². The predicted molar refractivity (Wildman–Crippen MR) is 72.2 cm³/mol. The highest BCUT2D eigenvalue weighted by molar-refractivity contribution is 8.00. The zero-order valence-corrected chi connectivity index (χ0v) is 11.6. The minimum atomic E-state index is -1.00. The summed E-state index contributed by atoms with van der Waals surface area (Å²) in [5.41, 5.74) is 1.21. The molecule has 2 N–H and O–H groups in total. The first-order valence-electron chi connectivity index (χ1n) is 5.14. The highest BCUT2D eigenvalue weighted by Gasteiger charge is 2.17. The lowest BCUT2D eigenvalue weighted by Gasteiger charge is -2.07. The third kappa shape index (κ3) is 4.05. The Labute approximate surface area is 108 Å². The van der Waals surface area contributed by atoms with Gasteiger partial charge in [0.2, 0.25) is 5.91 Å². The number of hydrogen-bond donors (Lipinski definition) is 2. The van der Waals surface area contributed by atoms with E-state index in [1.807, 2.05) is 13.8 Å². The Morgan fingerprint density at radius 1 is 1.53 bits per heavy atom. The monoisotopic (exact) mass is 273 g/mol. The lowest BCUT2D eigenvalue weighted by Crippen LogP contribution is -2.17. The fraction of sp³-hybridized carbons (Fsp3) is 0.455. The van der Waals surface area contributed by atoms with Crippen LogP contribution in [0, 0.1) is 6.92 Å². The van der Waals surface area contributed by atoms with E-state index < -0.39 is 5.97 Å². The van der Waals surface area contributed by atoms with Crippen molar-refractivity contribution in [2.75, 3.05) is 11.1 Å². The van der Waals surface area contributed by atoms with E-state index in [0.29, 0.717) is 16.7 Å². The van der Waals surface area contributed by atoms with E-state index >= 15 is 0 Å². The highest BCUT2D eigenvalue weighted by Crippen LogP contribution is 2.27. The summed E-state index contributed by atoms with van der Waals surface area (Å²) >= 11 is 2.65. The van der Waals surface area contributed by atoms with Crippen molar-refractivity contribution in [1.29, 1.82) is 0 Å². The van der Waals surface area contributed by atoms with E-state index in [1.54, 1.807) is 12.3 Å². The number of hydrogen-bond acceptors (Lipinski definition) is 4.